The first-order valence-corrected chi connectivity index (χ1v) is 5.76. The Hall–Kier alpha value is -0.220. The van der Waals surface area contributed by atoms with Gasteiger partial charge in [0.1, 0.15) is 6.61 Å². The predicted molar refractivity (Wildman–Crippen MR) is 57.8 cm³/mol. The molecule has 0 unspecified atom stereocenters. The van der Waals surface area contributed by atoms with Gasteiger partial charge in [-0.2, -0.15) is 12.6 Å². The smallest absolute Gasteiger partial charge is 0.329 e. The van der Waals surface area contributed by atoms with E-state index in [2.05, 4.69) is 12.6 Å². The molecule has 0 heterocycles. The monoisotopic (exact) mass is 218 g/mol. The fourth-order valence-electron chi connectivity index (χ4n) is 1.89. The molecule has 14 heavy (non-hydrogen) atoms. The Bertz CT molecular complexity index is 176. The summed E-state index contributed by atoms with van der Waals surface area (Å²) in [4.78, 5) is 10.2. The van der Waals surface area contributed by atoms with Gasteiger partial charge in [0.2, 0.25) is 0 Å². The van der Waals surface area contributed by atoms with Crippen LogP contribution in [-0.2, 0) is 9.53 Å². The Morgan fingerprint density at radius 2 is 1.86 bits per heavy atom. The van der Waals surface area contributed by atoms with Crippen LogP contribution < -0.4 is 0 Å². The molecule has 4 heteroatoms. The van der Waals surface area contributed by atoms with Crippen LogP contribution in [0.25, 0.3) is 0 Å². The summed E-state index contributed by atoms with van der Waals surface area (Å²) in [7, 11) is 0. The fourth-order valence-corrected chi connectivity index (χ4v) is 2.26. The molecule has 0 atom stereocenters. The van der Waals surface area contributed by atoms with E-state index < -0.39 is 5.97 Å². The van der Waals surface area contributed by atoms with E-state index in [1.807, 2.05) is 0 Å². The van der Waals surface area contributed by atoms with Crippen molar-refractivity contribution in [2.24, 2.45) is 11.8 Å². The van der Waals surface area contributed by atoms with Crippen molar-refractivity contribution in [1.82, 2.24) is 0 Å². The molecule has 0 aromatic heterocycles. The third kappa shape index (κ3) is 4.33. The zero-order valence-corrected chi connectivity index (χ0v) is 9.21. The molecule has 3 nitrogen and oxygen atoms in total. The van der Waals surface area contributed by atoms with Gasteiger partial charge in [0.05, 0.1) is 6.61 Å². The summed E-state index contributed by atoms with van der Waals surface area (Å²) < 4.78 is 5.08. The minimum absolute atomic E-state index is 0.160. The molecule has 0 radical (unpaired) electrons. The van der Waals surface area contributed by atoms with Gasteiger partial charge in [-0.1, -0.05) is 0 Å². The first-order chi connectivity index (χ1) is 6.72. The van der Waals surface area contributed by atoms with E-state index in [-0.39, 0.29) is 6.61 Å². The highest BCUT2D eigenvalue weighted by Crippen LogP contribution is 2.29. The van der Waals surface area contributed by atoms with Crippen LogP contribution in [0.1, 0.15) is 25.7 Å². The van der Waals surface area contributed by atoms with Crippen molar-refractivity contribution in [3.63, 3.8) is 0 Å². The number of hydrogen-bond acceptors (Lipinski definition) is 3. The van der Waals surface area contributed by atoms with Gasteiger partial charge in [-0.3, -0.25) is 0 Å². The predicted octanol–water partition coefficient (Wildman–Crippen LogP) is 1.82. The van der Waals surface area contributed by atoms with Crippen LogP contribution in [0.2, 0.25) is 0 Å². The maximum absolute atomic E-state index is 10.2. The van der Waals surface area contributed by atoms with Gasteiger partial charge < -0.3 is 9.84 Å². The van der Waals surface area contributed by atoms with Crippen molar-refractivity contribution < 1.29 is 14.6 Å². The highest BCUT2D eigenvalue weighted by molar-refractivity contribution is 7.80. The van der Waals surface area contributed by atoms with E-state index in [0.29, 0.717) is 12.5 Å². The van der Waals surface area contributed by atoms with Crippen molar-refractivity contribution in [2.75, 3.05) is 19.0 Å². The molecular weight excluding hydrogens is 200 g/mol. The van der Waals surface area contributed by atoms with Crippen molar-refractivity contribution in [3.05, 3.63) is 0 Å². The first kappa shape index (κ1) is 11.9. The number of thiol groups is 1. The van der Waals surface area contributed by atoms with E-state index in [1.165, 1.54) is 12.8 Å². The molecule has 0 aromatic carbocycles. The summed E-state index contributed by atoms with van der Waals surface area (Å²) in [6.45, 7) is 0.443. The number of carboxylic acid groups (broad SMARTS) is 1. The van der Waals surface area contributed by atoms with Crippen LogP contribution in [0.3, 0.4) is 0 Å². The number of ether oxygens (including phenoxy) is 1. The molecule has 1 aliphatic carbocycles. The topological polar surface area (TPSA) is 46.5 Å². The van der Waals surface area contributed by atoms with Crippen LogP contribution in [-0.4, -0.2) is 30.0 Å². The maximum Gasteiger partial charge on any atom is 0.329 e. The van der Waals surface area contributed by atoms with Crippen LogP contribution in [0.4, 0.5) is 0 Å². The molecule has 0 spiro atoms. The normalized spacial score (nSPS) is 27.5. The lowest BCUT2D eigenvalue weighted by atomic mass is 9.83. The average Bonchev–Trinajstić information content (AvgIpc) is 2.18. The van der Waals surface area contributed by atoms with Gasteiger partial charge in [-0.15, -0.1) is 0 Å². The van der Waals surface area contributed by atoms with E-state index in [9.17, 15) is 4.79 Å². The van der Waals surface area contributed by atoms with Gasteiger partial charge in [0.25, 0.3) is 0 Å². The lowest BCUT2D eigenvalue weighted by Gasteiger charge is -2.26. The minimum Gasteiger partial charge on any atom is -0.480 e. The van der Waals surface area contributed by atoms with Gasteiger partial charge in [0, 0.05) is 0 Å². The molecule has 1 N–H and O–H groups in total. The molecule has 0 aliphatic heterocycles. The number of carboxylic acids is 1. The molecule has 0 aromatic rings. The third-order valence-corrected chi connectivity index (χ3v) is 3.32. The van der Waals surface area contributed by atoms with Crippen molar-refractivity contribution in [3.8, 4) is 0 Å². The number of rotatable bonds is 5. The minimum atomic E-state index is -0.881. The standard InChI is InChI=1S/C10H18O3S/c11-10(12)6-13-5-8-1-3-9(7-14)4-2-8/h8-9,14H,1-7H2,(H,11,12). The summed E-state index contributed by atoms with van der Waals surface area (Å²) >= 11 is 4.28. The molecule has 82 valence electrons. The van der Waals surface area contributed by atoms with Crippen molar-refractivity contribution in [1.29, 1.82) is 0 Å². The zero-order valence-electron chi connectivity index (χ0n) is 8.32. The number of carbonyl (C=O) groups is 1. The summed E-state index contributed by atoms with van der Waals surface area (Å²) in [5.74, 6) is 1.41. The second kappa shape index (κ2) is 6.30. The van der Waals surface area contributed by atoms with E-state index >= 15 is 0 Å². The van der Waals surface area contributed by atoms with Crippen molar-refractivity contribution in [2.45, 2.75) is 25.7 Å². The third-order valence-electron chi connectivity index (χ3n) is 2.80. The lowest BCUT2D eigenvalue weighted by molar-refractivity contribution is -0.142. The fraction of sp³-hybridized carbons (Fsp3) is 0.900. The Balaban J connectivity index is 2.07. The Morgan fingerprint density at radius 3 is 2.36 bits per heavy atom. The first-order valence-electron chi connectivity index (χ1n) is 5.12. The second-order valence-electron chi connectivity index (χ2n) is 3.98. The Labute approximate surface area is 90.2 Å². The van der Waals surface area contributed by atoms with Crippen LogP contribution in [0, 0.1) is 11.8 Å². The Morgan fingerprint density at radius 1 is 1.29 bits per heavy atom. The van der Waals surface area contributed by atoms with Crippen LogP contribution in [0.5, 0.6) is 0 Å². The van der Waals surface area contributed by atoms with E-state index in [4.69, 9.17) is 9.84 Å². The largest absolute Gasteiger partial charge is 0.480 e. The second-order valence-corrected chi connectivity index (χ2v) is 4.34. The quantitative estimate of drug-likeness (QED) is 0.692. The summed E-state index contributed by atoms with van der Waals surface area (Å²) in [5.41, 5.74) is 0. The summed E-state index contributed by atoms with van der Waals surface area (Å²) in [6.07, 6.45) is 4.74. The Kier molecular flexibility index (Phi) is 5.33. The highest BCUT2D eigenvalue weighted by atomic mass is 32.1. The SMILES string of the molecule is O=C(O)COCC1CCC(CS)CC1. The van der Waals surface area contributed by atoms with Gasteiger partial charge >= 0.3 is 5.97 Å². The molecule has 0 saturated heterocycles. The summed E-state index contributed by atoms with van der Waals surface area (Å²) in [5, 5.41) is 8.39. The molecule has 0 amide bonds. The van der Waals surface area contributed by atoms with Crippen molar-refractivity contribution >= 4 is 18.6 Å². The number of aliphatic carboxylic acids is 1. The van der Waals surface area contributed by atoms with Crippen LogP contribution >= 0.6 is 12.6 Å². The summed E-state index contributed by atoms with van der Waals surface area (Å²) in [6, 6.07) is 0. The van der Waals surface area contributed by atoms with Gasteiger partial charge in [0.15, 0.2) is 0 Å². The molecule has 1 saturated carbocycles. The number of hydrogen-bond donors (Lipinski definition) is 2. The molecule has 0 bridgehead atoms. The highest BCUT2D eigenvalue weighted by Gasteiger charge is 2.20. The van der Waals surface area contributed by atoms with Gasteiger partial charge in [-0.05, 0) is 43.3 Å². The molecule has 1 fully saturated rings. The molecular formula is C10H18O3S. The van der Waals surface area contributed by atoms with E-state index in [1.54, 1.807) is 0 Å². The zero-order chi connectivity index (χ0) is 10.4. The van der Waals surface area contributed by atoms with E-state index in [0.717, 1.165) is 24.5 Å². The molecule has 1 aliphatic rings. The lowest BCUT2D eigenvalue weighted by Crippen LogP contribution is -2.21. The average molecular weight is 218 g/mol. The van der Waals surface area contributed by atoms with Gasteiger partial charge in [-0.25, -0.2) is 4.79 Å². The van der Waals surface area contributed by atoms with Crippen LogP contribution in [0.15, 0.2) is 0 Å². The molecule has 1 rings (SSSR count). The maximum atomic E-state index is 10.2.